The quantitative estimate of drug-likeness (QED) is 0.562. The molecule has 0 saturated heterocycles. The number of thiophene rings is 1. The normalized spacial score (nSPS) is 15.5. The highest BCUT2D eigenvalue weighted by Crippen LogP contribution is 2.39. The van der Waals surface area contributed by atoms with Gasteiger partial charge < -0.3 is 24.4 Å². The van der Waals surface area contributed by atoms with Crippen LogP contribution >= 0.6 is 11.3 Å². The number of nitrogens with zero attached hydrogens (tertiary/aromatic N) is 3. The number of nitrogens with one attached hydrogen (secondary N) is 1. The zero-order valence-electron chi connectivity index (χ0n) is 21.2. The standard InChI is InChI=1S/C25H34N4O5S/c1-25(2,3)26-24(31)28(11-12-32-4)16-23(30)29-20(15-19(27-29)22-8-7-13-35-22)18-14-17(33-5)9-10-21(18)34-6/h7-10,13-14,20H,11-12,15-16H2,1-6H3,(H,26,31)/t20-/m0/s1. The summed E-state index contributed by atoms with van der Waals surface area (Å²) in [5.41, 5.74) is 1.16. The van der Waals surface area contributed by atoms with Gasteiger partial charge >= 0.3 is 6.03 Å². The third-order valence-corrected chi connectivity index (χ3v) is 6.35. The van der Waals surface area contributed by atoms with Gasteiger partial charge in [-0.15, -0.1) is 11.3 Å². The Labute approximate surface area is 210 Å². The molecule has 0 fully saturated rings. The van der Waals surface area contributed by atoms with Crippen molar-refractivity contribution < 1.29 is 23.8 Å². The lowest BCUT2D eigenvalue weighted by atomic mass is 9.99. The van der Waals surface area contributed by atoms with Crippen molar-refractivity contribution in [2.75, 3.05) is 41.0 Å². The monoisotopic (exact) mass is 502 g/mol. The molecule has 0 unspecified atom stereocenters. The van der Waals surface area contributed by atoms with Crippen molar-refractivity contribution in [2.45, 2.75) is 38.8 Å². The minimum atomic E-state index is -0.444. The van der Waals surface area contributed by atoms with Gasteiger partial charge in [0.2, 0.25) is 0 Å². The third-order valence-electron chi connectivity index (χ3n) is 5.43. The number of rotatable bonds is 9. The second-order valence-corrected chi connectivity index (χ2v) is 10.1. The molecular weight excluding hydrogens is 468 g/mol. The van der Waals surface area contributed by atoms with E-state index in [2.05, 4.69) is 5.32 Å². The molecule has 0 bridgehead atoms. The molecule has 1 N–H and O–H groups in total. The van der Waals surface area contributed by atoms with Gasteiger partial charge in [-0.1, -0.05) is 6.07 Å². The molecule has 1 aromatic carbocycles. The van der Waals surface area contributed by atoms with Crippen LogP contribution in [0.15, 0.2) is 40.8 Å². The molecule has 9 nitrogen and oxygen atoms in total. The first kappa shape index (κ1) is 26.5. The first-order chi connectivity index (χ1) is 16.7. The number of carbonyl (C=O) groups excluding carboxylic acids is 2. The summed E-state index contributed by atoms with van der Waals surface area (Å²) in [6.07, 6.45) is 0.516. The van der Waals surface area contributed by atoms with E-state index >= 15 is 0 Å². The van der Waals surface area contributed by atoms with E-state index in [4.69, 9.17) is 19.3 Å². The highest BCUT2D eigenvalue weighted by atomic mass is 32.1. The molecule has 0 saturated carbocycles. The van der Waals surface area contributed by atoms with Gasteiger partial charge in [0.25, 0.3) is 5.91 Å². The van der Waals surface area contributed by atoms with Crippen LogP contribution in [0.25, 0.3) is 0 Å². The predicted molar refractivity (Wildman–Crippen MR) is 136 cm³/mol. The average Bonchev–Trinajstić information content (AvgIpc) is 3.50. The minimum absolute atomic E-state index is 0.144. The average molecular weight is 503 g/mol. The van der Waals surface area contributed by atoms with E-state index in [1.54, 1.807) is 32.7 Å². The lowest BCUT2D eigenvalue weighted by Gasteiger charge is -2.30. The fourth-order valence-corrected chi connectivity index (χ4v) is 4.48. The molecule has 2 aromatic rings. The van der Waals surface area contributed by atoms with E-state index in [1.165, 1.54) is 9.91 Å². The molecule has 1 aromatic heterocycles. The summed E-state index contributed by atoms with van der Waals surface area (Å²) in [6, 6.07) is 8.71. The lowest BCUT2D eigenvalue weighted by Crippen LogP contribution is -2.52. The molecule has 2 heterocycles. The number of benzene rings is 1. The van der Waals surface area contributed by atoms with Crippen molar-refractivity contribution >= 4 is 29.0 Å². The number of carbonyl (C=O) groups is 2. The summed E-state index contributed by atoms with van der Waals surface area (Å²) in [5.74, 6) is 0.994. The molecule has 3 amide bonds. The van der Waals surface area contributed by atoms with Crippen LogP contribution in [-0.4, -0.2) is 74.1 Å². The van der Waals surface area contributed by atoms with Crippen molar-refractivity contribution in [1.29, 1.82) is 0 Å². The van der Waals surface area contributed by atoms with Gasteiger partial charge in [-0.2, -0.15) is 5.10 Å². The fraction of sp³-hybridized carbons (Fsp3) is 0.480. The Balaban J connectivity index is 1.93. The van der Waals surface area contributed by atoms with Crippen LogP contribution in [0.3, 0.4) is 0 Å². The minimum Gasteiger partial charge on any atom is -0.497 e. The molecule has 1 atom stereocenters. The first-order valence-electron chi connectivity index (χ1n) is 11.4. The van der Waals surface area contributed by atoms with Crippen LogP contribution in [-0.2, 0) is 9.53 Å². The second-order valence-electron chi connectivity index (χ2n) is 9.18. The van der Waals surface area contributed by atoms with Crippen LogP contribution in [0.4, 0.5) is 4.79 Å². The van der Waals surface area contributed by atoms with Gasteiger partial charge in [0.15, 0.2) is 0 Å². The zero-order chi connectivity index (χ0) is 25.6. The van der Waals surface area contributed by atoms with Crippen LogP contribution in [0, 0.1) is 0 Å². The molecule has 3 rings (SSSR count). The van der Waals surface area contributed by atoms with E-state index in [-0.39, 0.29) is 25.0 Å². The van der Waals surface area contributed by atoms with Gasteiger partial charge in [0.05, 0.1) is 37.5 Å². The van der Waals surface area contributed by atoms with Crippen molar-refractivity contribution in [1.82, 2.24) is 15.2 Å². The number of hydrazone groups is 1. The molecule has 1 aliphatic rings. The number of urea groups is 1. The summed E-state index contributed by atoms with van der Waals surface area (Å²) in [5, 5.41) is 11.1. The smallest absolute Gasteiger partial charge is 0.318 e. The van der Waals surface area contributed by atoms with Crippen molar-refractivity contribution in [3.05, 3.63) is 46.2 Å². The fourth-order valence-electron chi connectivity index (χ4n) is 3.76. The number of hydrogen-bond acceptors (Lipinski definition) is 7. The Kier molecular flexibility index (Phi) is 8.74. The highest BCUT2D eigenvalue weighted by Gasteiger charge is 2.36. The van der Waals surface area contributed by atoms with E-state index in [0.717, 1.165) is 16.2 Å². The molecule has 35 heavy (non-hydrogen) atoms. The molecule has 10 heteroatoms. The molecule has 1 aliphatic heterocycles. The van der Waals surface area contributed by atoms with Crippen LogP contribution in [0.5, 0.6) is 11.5 Å². The van der Waals surface area contributed by atoms with Crippen molar-refractivity contribution in [3.63, 3.8) is 0 Å². The molecule has 0 aliphatic carbocycles. The lowest BCUT2D eigenvalue weighted by molar-refractivity contribution is -0.133. The maximum absolute atomic E-state index is 13.6. The molecule has 0 radical (unpaired) electrons. The summed E-state index contributed by atoms with van der Waals surface area (Å²) >= 11 is 1.57. The number of amides is 3. The number of hydrogen-bond donors (Lipinski definition) is 1. The van der Waals surface area contributed by atoms with Crippen LogP contribution in [0.1, 0.15) is 43.7 Å². The van der Waals surface area contributed by atoms with Crippen LogP contribution < -0.4 is 14.8 Å². The van der Waals surface area contributed by atoms with E-state index < -0.39 is 11.6 Å². The summed E-state index contributed by atoms with van der Waals surface area (Å²) in [6.45, 7) is 6.11. The summed E-state index contributed by atoms with van der Waals surface area (Å²) in [4.78, 5) is 29.0. The van der Waals surface area contributed by atoms with Gasteiger partial charge in [-0.3, -0.25) is 4.79 Å². The molecular formula is C25H34N4O5S. The van der Waals surface area contributed by atoms with Crippen molar-refractivity contribution in [3.8, 4) is 11.5 Å². The van der Waals surface area contributed by atoms with Gasteiger partial charge in [-0.05, 0) is 50.4 Å². The molecule has 190 valence electrons. The predicted octanol–water partition coefficient (Wildman–Crippen LogP) is 3.90. The summed E-state index contributed by atoms with van der Waals surface area (Å²) in [7, 11) is 4.75. The highest BCUT2D eigenvalue weighted by molar-refractivity contribution is 7.12. The molecule has 0 spiro atoms. The van der Waals surface area contributed by atoms with Crippen LogP contribution in [0.2, 0.25) is 0 Å². The summed E-state index contributed by atoms with van der Waals surface area (Å²) < 4.78 is 16.2. The SMILES string of the molecule is COCCN(CC(=O)N1N=C(c2cccs2)C[C@H]1c1cc(OC)ccc1OC)C(=O)NC(C)(C)C. The van der Waals surface area contributed by atoms with Crippen molar-refractivity contribution in [2.24, 2.45) is 5.10 Å². The number of ether oxygens (including phenoxy) is 3. The first-order valence-corrected chi connectivity index (χ1v) is 12.3. The van der Waals surface area contributed by atoms with E-state index in [0.29, 0.717) is 24.5 Å². The van der Waals surface area contributed by atoms with E-state index in [9.17, 15) is 9.59 Å². The van der Waals surface area contributed by atoms with Gasteiger partial charge in [-0.25, -0.2) is 9.80 Å². The second kappa shape index (κ2) is 11.5. The van der Waals surface area contributed by atoms with Gasteiger partial charge in [0.1, 0.15) is 18.0 Å². The maximum Gasteiger partial charge on any atom is 0.318 e. The Hall–Kier alpha value is -3.11. The third kappa shape index (κ3) is 6.73. The Morgan fingerprint density at radius 2 is 1.97 bits per heavy atom. The zero-order valence-corrected chi connectivity index (χ0v) is 22.0. The van der Waals surface area contributed by atoms with Gasteiger partial charge in [0, 0.05) is 31.2 Å². The maximum atomic E-state index is 13.6. The Morgan fingerprint density at radius 3 is 2.57 bits per heavy atom. The topological polar surface area (TPSA) is 92.7 Å². The Bertz CT molecular complexity index is 1050. The van der Waals surface area contributed by atoms with E-state index in [1.807, 2.05) is 56.5 Å². The largest absolute Gasteiger partial charge is 0.497 e. The Morgan fingerprint density at radius 1 is 1.20 bits per heavy atom. The number of methoxy groups -OCH3 is 3.